The molecule has 0 fully saturated rings. The van der Waals surface area contributed by atoms with Gasteiger partial charge in [-0.15, -0.1) is 0 Å². The topological polar surface area (TPSA) is 0 Å². The average Bonchev–Trinajstić information content (AvgIpc) is 3.14. The van der Waals surface area contributed by atoms with Gasteiger partial charge >= 0.3 is 0 Å². The van der Waals surface area contributed by atoms with Gasteiger partial charge in [-0.1, -0.05) is 237 Å². The molecule has 7 aromatic carbocycles. The van der Waals surface area contributed by atoms with Gasteiger partial charge in [0.25, 0.3) is 0 Å². The van der Waals surface area contributed by atoms with E-state index in [9.17, 15) is 0 Å². The molecule has 0 saturated carbocycles. The molecule has 2 aliphatic rings. The number of rotatable bonds is 5. The first-order valence-electron chi connectivity index (χ1n) is 21.3. The minimum Gasteiger partial charge on any atom is -0.0912 e. The highest BCUT2D eigenvalue weighted by Gasteiger charge is 2.39. The van der Waals surface area contributed by atoms with Gasteiger partial charge in [0.1, 0.15) is 0 Å². The van der Waals surface area contributed by atoms with Crippen LogP contribution in [0.4, 0.5) is 0 Å². The lowest BCUT2D eigenvalue weighted by Gasteiger charge is -2.34. The van der Waals surface area contributed by atoms with Crippen molar-refractivity contribution in [3.8, 4) is 0 Å². The van der Waals surface area contributed by atoms with E-state index in [0.717, 1.165) is 0 Å². The highest BCUT2D eigenvalue weighted by atomic mass is 32.2. The summed E-state index contributed by atoms with van der Waals surface area (Å²) in [5, 5.41) is 0. The monoisotopic (exact) mass is 798 g/mol. The number of hydrogen-bond donors (Lipinski definition) is 0. The number of hydrogen-bond acceptors (Lipinski definition) is 2. The van der Waals surface area contributed by atoms with E-state index < -0.39 is 0 Å². The van der Waals surface area contributed by atoms with Crippen LogP contribution < -0.4 is 49.2 Å². The van der Waals surface area contributed by atoms with Crippen molar-refractivity contribution in [1.29, 1.82) is 0 Å². The van der Waals surface area contributed by atoms with Crippen LogP contribution in [0.2, 0.25) is 0 Å². The molecule has 0 saturated heterocycles. The van der Waals surface area contributed by atoms with Gasteiger partial charge in [0.15, 0.2) is 0 Å². The van der Waals surface area contributed by atoms with E-state index in [4.69, 9.17) is 0 Å². The predicted molar refractivity (Wildman–Crippen MR) is 264 cm³/mol. The van der Waals surface area contributed by atoms with Crippen molar-refractivity contribution in [2.45, 2.75) is 103 Å². The number of aryl methyl sites for hydroxylation is 12. The molecule has 290 valence electrons. The third-order valence-electron chi connectivity index (χ3n) is 13.2. The van der Waals surface area contributed by atoms with Crippen LogP contribution in [-0.2, 0) is 0 Å². The lowest BCUT2D eigenvalue weighted by molar-refractivity contribution is 1.33. The van der Waals surface area contributed by atoms with Crippen LogP contribution in [-0.4, -0.2) is 20.1 Å². The maximum absolute atomic E-state index is 2.60. The summed E-state index contributed by atoms with van der Waals surface area (Å²) >= 11 is 3.95. The van der Waals surface area contributed by atoms with E-state index in [1.54, 1.807) is 0 Å². The van der Waals surface area contributed by atoms with Crippen molar-refractivity contribution >= 4 is 92.8 Å². The molecule has 2 aliphatic heterocycles. The second-order valence-electron chi connectivity index (χ2n) is 18.0. The normalized spacial score (nSPS) is 12.9. The van der Waals surface area contributed by atoms with Crippen molar-refractivity contribution in [1.82, 2.24) is 0 Å². The first-order chi connectivity index (χ1) is 28.2. The molecule has 0 nitrogen and oxygen atoms in total. The van der Waals surface area contributed by atoms with E-state index >= 15 is 0 Å². The van der Waals surface area contributed by atoms with Gasteiger partial charge in [-0.25, -0.2) is 0 Å². The summed E-state index contributed by atoms with van der Waals surface area (Å²) in [5.41, 5.74) is 29.1. The Morgan fingerprint density at radius 2 is 0.695 bits per heavy atom. The summed E-state index contributed by atoms with van der Waals surface area (Å²) in [6, 6.07) is 40.9. The van der Waals surface area contributed by atoms with Crippen LogP contribution in [0, 0.1) is 83.1 Å². The maximum atomic E-state index is 2.60. The molecule has 0 aromatic heterocycles. The van der Waals surface area contributed by atoms with Crippen molar-refractivity contribution in [2.24, 2.45) is 0 Å². The molecule has 0 atom stereocenters. The maximum Gasteiger partial charge on any atom is 0.244 e. The lowest BCUT2D eigenvalue weighted by Crippen LogP contribution is -2.61. The average molecular weight is 799 g/mol. The highest BCUT2D eigenvalue weighted by molar-refractivity contribution is 8.00. The first kappa shape index (κ1) is 39.9. The minimum absolute atomic E-state index is 0.123. The van der Waals surface area contributed by atoms with Gasteiger partial charge in [-0.3, -0.25) is 0 Å². The van der Waals surface area contributed by atoms with E-state index in [-0.39, 0.29) is 20.1 Å². The molecule has 0 unspecified atom stereocenters. The Balaban J connectivity index is 1.30. The van der Waals surface area contributed by atoms with Gasteiger partial charge in [-0.2, -0.15) is 0 Å². The zero-order valence-electron chi connectivity index (χ0n) is 36.9. The van der Waals surface area contributed by atoms with Crippen LogP contribution in [0.15, 0.2) is 123 Å². The second-order valence-corrected chi connectivity index (χ2v) is 20.2. The van der Waals surface area contributed by atoms with Crippen molar-refractivity contribution in [3.63, 3.8) is 0 Å². The van der Waals surface area contributed by atoms with E-state index in [1.807, 2.05) is 23.5 Å². The Morgan fingerprint density at radius 3 is 1.14 bits per heavy atom. The number of fused-ring (bicyclic) bond motifs is 4. The quantitative estimate of drug-likeness (QED) is 0.163. The molecule has 59 heavy (non-hydrogen) atoms. The van der Waals surface area contributed by atoms with E-state index in [2.05, 4.69) is 186 Å². The van der Waals surface area contributed by atoms with Crippen LogP contribution in [0.1, 0.15) is 66.8 Å². The van der Waals surface area contributed by atoms with Crippen LogP contribution >= 0.6 is 23.5 Å². The largest absolute Gasteiger partial charge is 0.244 e. The molecule has 9 rings (SSSR count). The van der Waals surface area contributed by atoms with Crippen molar-refractivity contribution in [3.05, 3.63) is 170 Å². The molecule has 5 heteroatoms. The fourth-order valence-corrected chi connectivity index (χ4v) is 13.7. The molecule has 0 spiro atoms. The second kappa shape index (κ2) is 15.2. The van der Waals surface area contributed by atoms with Crippen molar-refractivity contribution < 1.29 is 0 Å². The summed E-state index contributed by atoms with van der Waals surface area (Å²) < 4.78 is 0. The molecule has 0 N–H and O–H groups in total. The standard InChI is InChI=1S/C54H53B3S2/c1-30-19-34(5)51(35(6)20-30)55(52-36(7)21-31(2)22-37(52)8)42-17-18-44-48(27-42)59-50-29-45-49(28-46(50)57(44)54-40(11)25-33(4)26-41(54)12)58-47-16-14-13-15-43(47)56(45)53-38(9)23-32(3)24-39(53)10/h13-29H,1-12H3. The highest BCUT2D eigenvalue weighted by Crippen LogP contribution is 2.35. The summed E-state index contributed by atoms with van der Waals surface area (Å²) in [6.45, 7) is 27.9. The zero-order valence-corrected chi connectivity index (χ0v) is 38.5. The first-order valence-corrected chi connectivity index (χ1v) is 22.9. The summed E-state index contributed by atoms with van der Waals surface area (Å²) in [7, 11) is 0. The fourth-order valence-electron chi connectivity index (χ4n) is 11.3. The molecule has 0 amide bonds. The molecule has 0 radical (unpaired) electrons. The van der Waals surface area contributed by atoms with E-state index in [0.29, 0.717) is 0 Å². The van der Waals surface area contributed by atoms with Crippen LogP contribution in [0.3, 0.4) is 0 Å². The Morgan fingerprint density at radius 1 is 0.339 bits per heavy atom. The fraction of sp³-hybridized carbons (Fsp3) is 0.222. The minimum atomic E-state index is 0.123. The smallest absolute Gasteiger partial charge is 0.0912 e. The predicted octanol–water partition coefficient (Wildman–Crippen LogP) is 7.87. The molecule has 0 aliphatic carbocycles. The Labute approximate surface area is 363 Å². The van der Waals surface area contributed by atoms with Gasteiger partial charge in [0, 0.05) is 19.6 Å². The Kier molecular flexibility index (Phi) is 10.2. The molecule has 0 bridgehead atoms. The molecular weight excluding hydrogens is 745 g/mol. The van der Waals surface area contributed by atoms with Crippen LogP contribution in [0.25, 0.3) is 0 Å². The third-order valence-corrected chi connectivity index (χ3v) is 15.5. The Hall–Kier alpha value is -4.57. The molecular formula is C54H53B3S2. The summed E-state index contributed by atoms with van der Waals surface area (Å²) in [4.78, 5) is 5.51. The van der Waals surface area contributed by atoms with Gasteiger partial charge in [0.2, 0.25) is 20.1 Å². The summed E-state index contributed by atoms with van der Waals surface area (Å²) in [6.07, 6.45) is 0. The van der Waals surface area contributed by atoms with Gasteiger partial charge < -0.3 is 0 Å². The third kappa shape index (κ3) is 6.87. The SMILES string of the molecule is Cc1cc(C)c(B2c3ccccc3Sc3cc4c(cc32)Sc2cc(B(c3c(C)cc(C)cc3C)c3c(C)cc(C)cc3C)ccc2B4c2c(C)cc(C)cc2C)c(C)c1. The number of benzene rings is 7. The Bertz CT molecular complexity index is 2740. The summed E-state index contributed by atoms with van der Waals surface area (Å²) in [5.74, 6) is 0. The lowest BCUT2D eigenvalue weighted by atomic mass is 9.32. The van der Waals surface area contributed by atoms with Gasteiger partial charge in [-0.05, 0) is 89.2 Å². The van der Waals surface area contributed by atoms with Crippen LogP contribution in [0.5, 0.6) is 0 Å². The molecule has 7 aromatic rings. The van der Waals surface area contributed by atoms with E-state index in [1.165, 1.54) is 136 Å². The van der Waals surface area contributed by atoms with Crippen molar-refractivity contribution in [2.75, 3.05) is 0 Å². The zero-order chi connectivity index (χ0) is 41.6. The van der Waals surface area contributed by atoms with Gasteiger partial charge in [0.05, 0.1) is 0 Å². The molecule has 2 heterocycles.